The SMILES string of the molecule is CCN(CC)c1ccc(NC(=O)C(C)NC)cn1. The molecule has 1 atom stereocenters. The van der Waals surface area contributed by atoms with E-state index in [0.717, 1.165) is 24.6 Å². The number of carbonyl (C=O) groups is 1. The number of hydrogen-bond donors (Lipinski definition) is 2. The molecule has 1 unspecified atom stereocenters. The summed E-state index contributed by atoms with van der Waals surface area (Å²) in [6.07, 6.45) is 1.69. The fourth-order valence-electron chi connectivity index (χ4n) is 1.58. The van der Waals surface area contributed by atoms with Gasteiger partial charge in [-0.3, -0.25) is 4.79 Å². The Balaban J connectivity index is 2.68. The van der Waals surface area contributed by atoms with Crippen LogP contribution in [0.4, 0.5) is 11.5 Å². The second kappa shape index (κ2) is 6.96. The van der Waals surface area contributed by atoms with E-state index in [4.69, 9.17) is 0 Å². The Morgan fingerprint density at radius 1 is 1.39 bits per heavy atom. The number of likely N-dealkylation sites (N-methyl/N-ethyl adjacent to an activating group) is 1. The highest BCUT2D eigenvalue weighted by Gasteiger charge is 2.10. The fraction of sp³-hybridized carbons (Fsp3) is 0.538. The van der Waals surface area contributed by atoms with E-state index in [-0.39, 0.29) is 11.9 Å². The number of nitrogens with one attached hydrogen (secondary N) is 2. The van der Waals surface area contributed by atoms with Crippen molar-refractivity contribution in [3.8, 4) is 0 Å². The Hall–Kier alpha value is -1.62. The van der Waals surface area contributed by atoms with Crippen molar-refractivity contribution in [2.24, 2.45) is 0 Å². The first-order valence-corrected chi connectivity index (χ1v) is 6.31. The van der Waals surface area contributed by atoms with Crippen LogP contribution in [-0.4, -0.2) is 37.1 Å². The van der Waals surface area contributed by atoms with Crippen LogP contribution in [0.2, 0.25) is 0 Å². The molecule has 5 nitrogen and oxygen atoms in total. The quantitative estimate of drug-likeness (QED) is 0.803. The maximum absolute atomic E-state index is 11.7. The Morgan fingerprint density at radius 3 is 2.50 bits per heavy atom. The molecular weight excluding hydrogens is 228 g/mol. The second-order valence-electron chi connectivity index (χ2n) is 4.08. The zero-order chi connectivity index (χ0) is 13.5. The highest BCUT2D eigenvalue weighted by Crippen LogP contribution is 2.13. The molecule has 5 heteroatoms. The Bertz CT molecular complexity index is 373. The number of nitrogens with zero attached hydrogens (tertiary/aromatic N) is 2. The van der Waals surface area contributed by atoms with Gasteiger partial charge >= 0.3 is 0 Å². The van der Waals surface area contributed by atoms with Gasteiger partial charge in [0.05, 0.1) is 17.9 Å². The van der Waals surface area contributed by atoms with Crippen LogP contribution in [0, 0.1) is 0 Å². The van der Waals surface area contributed by atoms with Crippen LogP contribution < -0.4 is 15.5 Å². The molecule has 1 rings (SSSR count). The molecule has 1 aromatic rings. The summed E-state index contributed by atoms with van der Waals surface area (Å²) in [5.74, 6) is 0.870. The molecule has 0 saturated carbocycles. The first kappa shape index (κ1) is 14.4. The van der Waals surface area contributed by atoms with E-state index >= 15 is 0 Å². The van der Waals surface area contributed by atoms with E-state index in [1.54, 1.807) is 13.2 Å². The summed E-state index contributed by atoms with van der Waals surface area (Å²) in [5, 5.41) is 5.70. The third-order valence-corrected chi connectivity index (χ3v) is 2.93. The van der Waals surface area contributed by atoms with Crippen LogP contribution in [0.15, 0.2) is 18.3 Å². The average molecular weight is 250 g/mol. The molecule has 1 amide bonds. The van der Waals surface area contributed by atoms with Gasteiger partial charge in [-0.05, 0) is 40.0 Å². The maximum atomic E-state index is 11.7. The van der Waals surface area contributed by atoms with Crippen LogP contribution in [0.25, 0.3) is 0 Å². The largest absolute Gasteiger partial charge is 0.357 e. The molecule has 0 radical (unpaired) electrons. The van der Waals surface area contributed by atoms with Gasteiger partial charge in [-0.1, -0.05) is 0 Å². The second-order valence-corrected chi connectivity index (χ2v) is 4.08. The Morgan fingerprint density at radius 2 is 2.06 bits per heavy atom. The first-order chi connectivity index (χ1) is 8.62. The zero-order valence-corrected chi connectivity index (χ0v) is 11.5. The van der Waals surface area contributed by atoms with Gasteiger partial charge in [0.1, 0.15) is 5.82 Å². The van der Waals surface area contributed by atoms with Crippen molar-refractivity contribution in [2.45, 2.75) is 26.8 Å². The normalized spacial score (nSPS) is 12.0. The lowest BCUT2D eigenvalue weighted by Crippen LogP contribution is -2.35. The number of rotatable bonds is 6. The number of aromatic nitrogens is 1. The van der Waals surface area contributed by atoms with Crippen LogP contribution >= 0.6 is 0 Å². The maximum Gasteiger partial charge on any atom is 0.241 e. The highest BCUT2D eigenvalue weighted by atomic mass is 16.2. The predicted molar refractivity (Wildman–Crippen MR) is 74.9 cm³/mol. The van der Waals surface area contributed by atoms with Gasteiger partial charge in [0, 0.05) is 13.1 Å². The van der Waals surface area contributed by atoms with E-state index in [1.165, 1.54) is 0 Å². The summed E-state index contributed by atoms with van der Waals surface area (Å²) in [4.78, 5) is 18.2. The van der Waals surface area contributed by atoms with Gasteiger partial charge < -0.3 is 15.5 Å². The van der Waals surface area contributed by atoms with E-state index in [9.17, 15) is 4.79 Å². The van der Waals surface area contributed by atoms with Crippen molar-refractivity contribution < 1.29 is 4.79 Å². The van der Waals surface area contributed by atoms with Gasteiger partial charge in [0.25, 0.3) is 0 Å². The Kier molecular flexibility index (Phi) is 5.58. The summed E-state index contributed by atoms with van der Waals surface area (Å²) < 4.78 is 0. The average Bonchev–Trinajstić information content (AvgIpc) is 2.41. The van der Waals surface area contributed by atoms with Gasteiger partial charge in [-0.25, -0.2) is 4.98 Å². The van der Waals surface area contributed by atoms with Crippen LogP contribution in [0.5, 0.6) is 0 Å². The molecule has 0 aromatic carbocycles. The van der Waals surface area contributed by atoms with Crippen molar-refractivity contribution >= 4 is 17.4 Å². The van der Waals surface area contributed by atoms with Crippen LogP contribution in [0.3, 0.4) is 0 Å². The van der Waals surface area contributed by atoms with Gasteiger partial charge in [-0.15, -0.1) is 0 Å². The lowest BCUT2D eigenvalue weighted by atomic mass is 10.3. The van der Waals surface area contributed by atoms with Crippen molar-refractivity contribution in [1.29, 1.82) is 0 Å². The minimum absolute atomic E-state index is 0.0603. The number of amides is 1. The Labute approximate surface area is 109 Å². The lowest BCUT2D eigenvalue weighted by Gasteiger charge is -2.19. The highest BCUT2D eigenvalue weighted by molar-refractivity contribution is 5.94. The van der Waals surface area contributed by atoms with Crippen molar-refractivity contribution in [2.75, 3.05) is 30.4 Å². The summed E-state index contributed by atoms with van der Waals surface area (Å²) in [6, 6.07) is 3.58. The summed E-state index contributed by atoms with van der Waals surface area (Å²) in [5.41, 5.74) is 0.720. The first-order valence-electron chi connectivity index (χ1n) is 6.31. The number of hydrogen-bond acceptors (Lipinski definition) is 4. The van der Waals surface area contributed by atoms with E-state index in [2.05, 4.69) is 34.4 Å². The topological polar surface area (TPSA) is 57.3 Å². The molecule has 0 aliphatic heterocycles. The van der Waals surface area contributed by atoms with Crippen LogP contribution in [0.1, 0.15) is 20.8 Å². The zero-order valence-electron chi connectivity index (χ0n) is 11.5. The molecule has 0 bridgehead atoms. The van der Waals surface area contributed by atoms with E-state index in [1.807, 2.05) is 19.1 Å². The molecule has 0 aliphatic rings. The third-order valence-electron chi connectivity index (χ3n) is 2.93. The molecular formula is C13H22N4O. The number of pyridine rings is 1. The molecule has 0 spiro atoms. The summed E-state index contributed by atoms with van der Waals surface area (Å²) >= 11 is 0. The molecule has 1 heterocycles. The molecule has 2 N–H and O–H groups in total. The standard InChI is InChI=1S/C13H22N4O/c1-5-17(6-2)12-8-7-11(9-15-12)16-13(18)10(3)14-4/h7-10,14H,5-6H2,1-4H3,(H,16,18). The predicted octanol–water partition coefficient (Wildman–Crippen LogP) is 1.47. The molecule has 100 valence electrons. The van der Waals surface area contributed by atoms with Crippen molar-refractivity contribution in [1.82, 2.24) is 10.3 Å². The van der Waals surface area contributed by atoms with Gasteiger partial charge in [-0.2, -0.15) is 0 Å². The monoisotopic (exact) mass is 250 g/mol. The van der Waals surface area contributed by atoms with E-state index in [0.29, 0.717) is 0 Å². The number of anilines is 2. The van der Waals surface area contributed by atoms with Crippen molar-refractivity contribution in [3.63, 3.8) is 0 Å². The van der Waals surface area contributed by atoms with Crippen LogP contribution in [-0.2, 0) is 4.79 Å². The van der Waals surface area contributed by atoms with Gasteiger partial charge in [0.15, 0.2) is 0 Å². The molecule has 0 fully saturated rings. The molecule has 18 heavy (non-hydrogen) atoms. The summed E-state index contributed by atoms with van der Waals surface area (Å²) in [6.45, 7) is 7.84. The fourth-order valence-corrected chi connectivity index (χ4v) is 1.58. The van der Waals surface area contributed by atoms with Crippen molar-refractivity contribution in [3.05, 3.63) is 18.3 Å². The number of carbonyl (C=O) groups excluding carboxylic acids is 1. The molecule has 0 aliphatic carbocycles. The minimum atomic E-state index is -0.215. The molecule has 1 aromatic heterocycles. The lowest BCUT2D eigenvalue weighted by molar-refractivity contribution is -0.117. The van der Waals surface area contributed by atoms with Gasteiger partial charge in [0.2, 0.25) is 5.91 Å². The third kappa shape index (κ3) is 3.70. The van der Waals surface area contributed by atoms with E-state index < -0.39 is 0 Å². The molecule has 0 saturated heterocycles. The smallest absolute Gasteiger partial charge is 0.241 e. The summed E-state index contributed by atoms with van der Waals surface area (Å²) in [7, 11) is 1.76. The minimum Gasteiger partial charge on any atom is -0.357 e.